The predicted molar refractivity (Wildman–Crippen MR) is 85.4 cm³/mol. The minimum Gasteiger partial charge on any atom is -0.381 e. The number of anilines is 1. The first-order valence-corrected chi connectivity index (χ1v) is 7.64. The molecule has 142 valence electrons. The van der Waals surface area contributed by atoms with E-state index < -0.39 is 30.3 Å². The molecule has 3 rings (SSSR count). The van der Waals surface area contributed by atoms with Crippen LogP contribution in [0.5, 0.6) is 0 Å². The van der Waals surface area contributed by atoms with E-state index in [0.29, 0.717) is 5.69 Å². The quantitative estimate of drug-likeness (QED) is 0.595. The van der Waals surface area contributed by atoms with Crippen LogP contribution in [0, 0.1) is 11.6 Å². The van der Waals surface area contributed by atoms with Crippen molar-refractivity contribution in [1.29, 1.82) is 0 Å². The van der Waals surface area contributed by atoms with Gasteiger partial charge in [0, 0.05) is 29.6 Å². The molecule has 4 nitrogen and oxygen atoms in total. The fourth-order valence-corrected chi connectivity index (χ4v) is 2.45. The molecule has 0 atom stereocenters. The highest BCUT2D eigenvalue weighted by molar-refractivity contribution is 5.68. The first-order chi connectivity index (χ1) is 12.9. The second-order valence-electron chi connectivity index (χ2n) is 5.50. The van der Waals surface area contributed by atoms with E-state index in [1.807, 2.05) is 0 Å². The number of rotatable bonds is 6. The lowest BCUT2D eigenvalue weighted by atomic mass is 10.1. The van der Waals surface area contributed by atoms with Gasteiger partial charge in [0.25, 0.3) is 6.43 Å². The summed E-state index contributed by atoms with van der Waals surface area (Å²) >= 11 is 0. The fraction of sp³-hybridized carbons (Fsp3) is 0.176. The second kappa shape index (κ2) is 7.68. The number of nitrogens with one attached hydrogen (secondary N) is 1. The number of hydrogen-bond donors (Lipinski definition) is 1. The number of alkyl halides is 4. The summed E-state index contributed by atoms with van der Waals surface area (Å²) in [5.41, 5.74) is -0.370. The lowest BCUT2D eigenvalue weighted by Gasteiger charge is -2.09. The Kier molecular flexibility index (Phi) is 5.33. The van der Waals surface area contributed by atoms with Gasteiger partial charge in [0.15, 0.2) is 0 Å². The van der Waals surface area contributed by atoms with Gasteiger partial charge >= 0.3 is 6.55 Å². The molecule has 0 aliphatic rings. The molecule has 10 heteroatoms. The van der Waals surface area contributed by atoms with Gasteiger partial charge in [-0.15, -0.1) is 0 Å². The topological polar surface area (TPSA) is 42.7 Å². The Hall–Kier alpha value is -3.04. The average Bonchev–Trinajstić information content (AvgIpc) is 3.08. The Bertz CT molecular complexity index is 903. The third kappa shape index (κ3) is 4.04. The van der Waals surface area contributed by atoms with Crippen LogP contribution in [0.25, 0.3) is 11.1 Å². The fourth-order valence-electron chi connectivity index (χ4n) is 2.45. The molecular weight excluding hydrogens is 374 g/mol. The Morgan fingerprint density at radius 1 is 0.963 bits per heavy atom. The largest absolute Gasteiger partial charge is 0.381 e. The highest BCUT2D eigenvalue weighted by Crippen LogP contribution is 2.32. The second-order valence-corrected chi connectivity index (χ2v) is 5.50. The van der Waals surface area contributed by atoms with Crippen molar-refractivity contribution in [3.05, 3.63) is 65.7 Å². The standard InChI is InChI=1S/C17H12F6N4/c18-13-6-24-7-14(19)11(13)5-25-10-3-1-9(2-4-10)12-8-27(17(22)23)26-15(12)16(20)21/h1-4,6-8,16-17,25H,5H2. The smallest absolute Gasteiger partial charge is 0.333 e. The van der Waals surface area contributed by atoms with Gasteiger partial charge in [0.1, 0.15) is 17.3 Å². The first kappa shape index (κ1) is 18.7. The van der Waals surface area contributed by atoms with Crippen LogP contribution in [0.2, 0.25) is 0 Å². The molecule has 0 saturated carbocycles. The van der Waals surface area contributed by atoms with Crippen molar-refractivity contribution >= 4 is 5.69 Å². The molecule has 2 heterocycles. The maximum atomic E-state index is 13.5. The van der Waals surface area contributed by atoms with Gasteiger partial charge in [-0.25, -0.2) is 22.2 Å². The summed E-state index contributed by atoms with van der Waals surface area (Å²) in [6.07, 6.45) is -0.405. The Morgan fingerprint density at radius 2 is 1.59 bits per heavy atom. The third-order valence-corrected chi connectivity index (χ3v) is 3.78. The molecule has 0 bridgehead atoms. The number of halogens is 6. The van der Waals surface area contributed by atoms with Crippen LogP contribution in [0.1, 0.15) is 24.2 Å². The van der Waals surface area contributed by atoms with Crippen LogP contribution in [-0.4, -0.2) is 14.8 Å². The SMILES string of the molecule is Fc1cncc(F)c1CNc1ccc(-c2cn(C(F)F)nc2C(F)F)cc1. The van der Waals surface area contributed by atoms with E-state index in [1.165, 1.54) is 24.3 Å². The molecule has 0 aliphatic heterocycles. The van der Waals surface area contributed by atoms with Crippen LogP contribution in [-0.2, 0) is 6.54 Å². The van der Waals surface area contributed by atoms with E-state index >= 15 is 0 Å². The van der Waals surface area contributed by atoms with Gasteiger partial charge in [-0.2, -0.15) is 13.9 Å². The Labute approximate surface area is 149 Å². The van der Waals surface area contributed by atoms with Crippen molar-refractivity contribution in [3.8, 4) is 11.1 Å². The zero-order valence-corrected chi connectivity index (χ0v) is 13.5. The Morgan fingerprint density at radius 3 is 2.15 bits per heavy atom. The molecule has 2 aromatic heterocycles. The summed E-state index contributed by atoms with van der Waals surface area (Å²) in [5, 5.41) is 6.00. The zero-order chi connectivity index (χ0) is 19.6. The van der Waals surface area contributed by atoms with Gasteiger partial charge in [-0.1, -0.05) is 12.1 Å². The van der Waals surface area contributed by atoms with E-state index in [9.17, 15) is 26.3 Å². The van der Waals surface area contributed by atoms with E-state index in [2.05, 4.69) is 15.4 Å². The monoisotopic (exact) mass is 386 g/mol. The summed E-state index contributed by atoms with van der Waals surface area (Å²) in [7, 11) is 0. The molecule has 0 fully saturated rings. The van der Waals surface area contributed by atoms with Crippen molar-refractivity contribution in [3.63, 3.8) is 0 Å². The van der Waals surface area contributed by atoms with Gasteiger partial charge in [0.05, 0.1) is 12.4 Å². The highest BCUT2D eigenvalue weighted by atomic mass is 19.3. The molecule has 3 aromatic rings. The van der Waals surface area contributed by atoms with Crippen molar-refractivity contribution in [1.82, 2.24) is 14.8 Å². The van der Waals surface area contributed by atoms with E-state index in [4.69, 9.17) is 0 Å². The summed E-state index contributed by atoms with van der Waals surface area (Å²) in [6, 6.07) is 5.78. The molecule has 27 heavy (non-hydrogen) atoms. The van der Waals surface area contributed by atoms with Gasteiger partial charge in [0.2, 0.25) is 0 Å². The van der Waals surface area contributed by atoms with Crippen LogP contribution >= 0.6 is 0 Å². The molecule has 0 saturated heterocycles. The third-order valence-electron chi connectivity index (χ3n) is 3.78. The van der Waals surface area contributed by atoms with Crippen molar-refractivity contribution in [2.75, 3.05) is 5.32 Å². The molecule has 0 unspecified atom stereocenters. The number of pyridine rings is 1. The molecule has 0 amide bonds. The molecule has 1 aromatic carbocycles. The van der Waals surface area contributed by atoms with Crippen LogP contribution in [0.4, 0.5) is 32.0 Å². The van der Waals surface area contributed by atoms with Crippen molar-refractivity contribution < 1.29 is 26.3 Å². The normalized spacial score (nSPS) is 11.4. The lowest BCUT2D eigenvalue weighted by Crippen LogP contribution is -2.05. The lowest BCUT2D eigenvalue weighted by molar-refractivity contribution is 0.0537. The van der Waals surface area contributed by atoms with Crippen molar-refractivity contribution in [2.24, 2.45) is 0 Å². The predicted octanol–water partition coefficient (Wildman–Crippen LogP) is 5.17. The molecule has 0 spiro atoms. The molecular formula is C17H12F6N4. The van der Waals surface area contributed by atoms with Crippen LogP contribution in [0.3, 0.4) is 0 Å². The van der Waals surface area contributed by atoms with Crippen LogP contribution < -0.4 is 5.32 Å². The van der Waals surface area contributed by atoms with Crippen LogP contribution in [0.15, 0.2) is 42.9 Å². The van der Waals surface area contributed by atoms with Gasteiger partial charge in [-0.05, 0) is 17.7 Å². The number of aromatic nitrogens is 3. The molecule has 0 aliphatic carbocycles. The number of nitrogens with zero attached hydrogens (tertiary/aromatic N) is 3. The average molecular weight is 386 g/mol. The molecule has 0 radical (unpaired) electrons. The summed E-state index contributed by atoms with van der Waals surface area (Å²) < 4.78 is 78.8. The summed E-state index contributed by atoms with van der Waals surface area (Å²) in [4.78, 5) is 3.38. The van der Waals surface area contributed by atoms with E-state index in [-0.39, 0.29) is 27.9 Å². The maximum absolute atomic E-state index is 13.5. The van der Waals surface area contributed by atoms with Gasteiger partial charge in [-0.3, -0.25) is 4.98 Å². The first-order valence-electron chi connectivity index (χ1n) is 7.64. The van der Waals surface area contributed by atoms with Gasteiger partial charge < -0.3 is 5.32 Å². The number of hydrogen-bond acceptors (Lipinski definition) is 3. The van der Waals surface area contributed by atoms with E-state index in [0.717, 1.165) is 18.6 Å². The Balaban J connectivity index is 1.80. The minimum atomic E-state index is -3.04. The minimum absolute atomic E-state index is 0.122. The van der Waals surface area contributed by atoms with E-state index in [1.54, 1.807) is 0 Å². The zero-order valence-electron chi connectivity index (χ0n) is 13.5. The van der Waals surface area contributed by atoms with Crippen molar-refractivity contribution in [2.45, 2.75) is 19.5 Å². The number of benzene rings is 1. The highest BCUT2D eigenvalue weighted by Gasteiger charge is 2.22. The molecule has 1 N–H and O–H groups in total. The maximum Gasteiger partial charge on any atom is 0.333 e. The summed E-state index contributed by atoms with van der Waals surface area (Å²) in [6.45, 7) is -3.20. The summed E-state index contributed by atoms with van der Waals surface area (Å²) in [5.74, 6) is -1.61.